The predicted octanol–water partition coefficient (Wildman–Crippen LogP) is 1.88. The van der Waals surface area contributed by atoms with Crippen molar-refractivity contribution in [1.29, 1.82) is 0 Å². The van der Waals surface area contributed by atoms with Gasteiger partial charge in [0.25, 0.3) is 0 Å². The molecule has 2 aliphatic carbocycles. The molecule has 0 aliphatic heterocycles. The van der Waals surface area contributed by atoms with E-state index in [0.29, 0.717) is 5.92 Å². The Morgan fingerprint density at radius 2 is 2.46 bits per heavy atom. The summed E-state index contributed by atoms with van der Waals surface area (Å²) in [6.07, 6.45) is 8.42. The Morgan fingerprint density at radius 3 is 3.23 bits per heavy atom. The molecule has 3 unspecified atom stereocenters. The van der Waals surface area contributed by atoms with Gasteiger partial charge in [-0.05, 0) is 38.5 Å². The summed E-state index contributed by atoms with van der Waals surface area (Å²) in [5.74, 6) is 0.545. The Hall–Kier alpha value is -0.340. The van der Waals surface area contributed by atoms with E-state index in [1.807, 2.05) is 13.0 Å². The molecule has 1 fully saturated rings. The van der Waals surface area contributed by atoms with Gasteiger partial charge in [-0.15, -0.1) is 0 Å². The highest BCUT2D eigenvalue weighted by Crippen LogP contribution is 2.39. The normalized spacial score (nSPS) is 43.5. The minimum atomic E-state index is -0.503. The van der Waals surface area contributed by atoms with E-state index in [0.717, 1.165) is 25.9 Å². The molecule has 2 aliphatic rings. The molecule has 0 aromatic heterocycles. The van der Waals surface area contributed by atoms with Crippen LogP contribution in [0.5, 0.6) is 0 Å². The summed E-state index contributed by atoms with van der Waals surface area (Å²) < 4.78 is 5.62. The highest BCUT2D eigenvalue weighted by atomic mass is 16.5. The van der Waals surface area contributed by atoms with Crippen molar-refractivity contribution in [2.75, 3.05) is 6.61 Å². The summed E-state index contributed by atoms with van der Waals surface area (Å²) in [5, 5.41) is 10.0. The molecule has 74 valence electrons. The van der Waals surface area contributed by atoms with Crippen molar-refractivity contribution in [3.05, 3.63) is 12.2 Å². The van der Waals surface area contributed by atoms with E-state index in [4.69, 9.17) is 4.74 Å². The first-order valence-electron chi connectivity index (χ1n) is 5.27. The molecule has 0 spiro atoms. The molecule has 1 N–H and O–H groups in total. The first-order valence-corrected chi connectivity index (χ1v) is 5.27. The van der Waals surface area contributed by atoms with Crippen LogP contribution >= 0.6 is 0 Å². The van der Waals surface area contributed by atoms with Gasteiger partial charge in [0, 0.05) is 6.61 Å². The number of aliphatic hydroxyl groups is 1. The molecule has 1 saturated carbocycles. The second kappa shape index (κ2) is 3.43. The van der Waals surface area contributed by atoms with Gasteiger partial charge >= 0.3 is 0 Å². The fourth-order valence-corrected chi connectivity index (χ4v) is 2.58. The van der Waals surface area contributed by atoms with Crippen molar-refractivity contribution < 1.29 is 9.84 Å². The van der Waals surface area contributed by atoms with Crippen LogP contribution < -0.4 is 0 Å². The Bertz CT molecular complexity index is 212. The lowest BCUT2D eigenvalue weighted by atomic mass is 9.72. The maximum atomic E-state index is 10.0. The number of hydrogen-bond donors (Lipinski definition) is 1. The van der Waals surface area contributed by atoms with Crippen LogP contribution in [0.3, 0.4) is 0 Å². The third-order valence-corrected chi connectivity index (χ3v) is 3.22. The molecule has 0 saturated heterocycles. The van der Waals surface area contributed by atoms with Crippen molar-refractivity contribution in [3.8, 4) is 0 Å². The summed E-state index contributed by atoms with van der Waals surface area (Å²) in [5.41, 5.74) is -0.503. The number of hydrogen-bond acceptors (Lipinski definition) is 2. The summed E-state index contributed by atoms with van der Waals surface area (Å²) in [4.78, 5) is 0. The molecule has 2 bridgehead atoms. The van der Waals surface area contributed by atoms with Crippen molar-refractivity contribution >= 4 is 0 Å². The fraction of sp³-hybridized carbons (Fsp3) is 0.818. The van der Waals surface area contributed by atoms with Gasteiger partial charge in [-0.2, -0.15) is 0 Å². The van der Waals surface area contributed by atoms with E-state index < -0.39 is 5.60 Å². The van der Waals surface area contributed by atoms with Gasteiger partial charge in [0.1, 0.15) is 0 Å². The molecule has 13 heavy (non-hydrogen) atoms. The average Bonchev–Trinajstić information content (AvgIpc) is 2.11. The SMILES string of the molecule is CCOC1C=CC2(O)CCCC1C2. The minimum Gasteiger partial charge on any atom is -0.386 e. The van der Waals surface area contributed by atoms with E-state index in [-0.39, 0.29) is 6.10 Å². The van der Waals surface area contributed by atoms with Gasteiger partial charge in [-0.25, -0.2) is 0 Å². The summed E-state index contributed by atoms with van der Waals surface area (Å²) in [6, 6.07) is 0. The van der Waals surface area contributed by atoms with Gasteiger partial charge in [-0.3, -0.25) is 0 Å². The smallest absolute Gasteiger partial charge is 0.0832 e. The van der Waals surface area contributed by atoms with Crippen LogP contribution in [0.15, 0.2) is 12.2 Å². The van der Waals surface area contributed by atoms with Gasteiger partial charge < -0.3 is 9.84 Å². The molecule has 0 aromatic rings. The van der Waals surface area contributed by atoms with E-state index in [1.54, 1.807) is 0 Å². The second-order valence-corrected chi connectivity index (χ2v) is 4.24. The summed E-state index contributed by atoms with van der Waals surface area (Å²) in [6.45, 7) is 2.79. The zero-order valence-corrected chi connectivity index (χ0v) is 8.20. The zero-order valence-electron chi connectivity index (χ0n) is 8.20. The Labute approximate surface area is 79.6 Å². The molecule has 3 atom stereocenters. The highest BCUT2D eigenvalue weighted by molar-refractivity contribution is 5.13. The maximum Gasteiger partial charge on any atom is 0.0832 e. The van der Waals surface area contributed by atoms with Crippen LogP contribution in [0, 0.1) is 5.92 Å². The van der Waals surface area contributed by atoms with Crippen molar-refractivity contribution in [2.24, 2.45) is 5.92 Å². The zero-order chi connectivity index (χ0) is 9.31. The van der Waals surface area contributed by atoms with Crippen molar-refractivity contribution in [2.45, 2.75) is 44.3 Å². The Kier molecular flexibility index (Phi) is 2.43. The number of ether oxygens (including phenoxy) is 1. The maximum absolute atomic E-state index is 10.0. The van der Waals surface area contributed by atoms with Gasteiger partial charge in [0.15, 0.2) is 0 Å². The molecule has 0 amide bonds. The van der Waals surface area contributed by atoms with E-state index in [9.17, 15) is 5.11 Å². The van der Waals surface area contributed by atoms with Crippen LogP contribution in [-0.2, 0) is 4.74 Å². The second-order valence-electron chi connectivity index (χ2n) is 4.24. The lowest BCUT2D eigenvalue weighted by Gasteiger charge is -2.41. The van der Waals surface area contributed by atoms with Crippen LogP contribution in [0.25, 0.3) is 0 Å². The van der Waals surface area contributed by atoms with Gasteiger partial charge in [-0.1, -0.05) is 12.2 Å². The number of fused-ring (bicyclic) bond motifs is 2. The first-order chi connectivity index (χ1) is 6.23. The predicted molar refractivity (Wildman–Crippen MR) is 51.5 cm³/mol. The van der Waals surface area contributed by atoms with Crippen LogP contribution in [-0.4, -0.2) is 23.4 Å². The Morgan fingerprint density at radius 1 is 1.62 bits per heavy atom. The monoisotopic (exact) mass is 182 g/mol. The summed E-state index contributed by atoms with van der Waals surface area (Å²) >= 11 is 0. The first kappa shape index (κ1) is 9.22. The largest absolute Gasteiger partial charge is 0.386 e. The molecular weight excluding hydrogens is 164 g/mol. The van der Waals surface area contributed by atoms with Gasteiger partial charge in [0.05, 0.1) is 11.7 Å². The molecule has 0 aromatic carbocycles. The molecule has 2 rings (SSSR count). The van der Waals surface area contributed by atoms with E-state index in [2.05, 4.69) is 6.08 Å². The van der Waals surface area contributed by atoms with Crippen LogP contribution in [0.1, 0.15) is 32.6 Å². The number of rotatable bonds is 2. The van der Waals surface area contributed by atoms with Gasteiger partial charge in [0.2, 0.25) is 0 Å². The molecule has 2 nitrogen and oxygen atoms in total. The minimum absolute atomic E-state index is 0.255. The van der Waals surface area contributed by atoms with Crippen LogP contribution in [0.2, 0.25) is 0 Å². The van der Waals surface area contributed by atoms with E-state index >= 15 is 0 Å². The summed E-state index contributed by atoms with van der Waals surface area (Å²) in [7, 11) is 0. The van der Waals surface area contributed by atoms with Crippen molar-refractivity contribution in [3.63, 3.8) is 0 Å². The fourth-order valence-electron chi connectivity index (χ4n) is 2.58. The standard InChI is InChI=1S/C11H18O2/c1-2-13-10-5-7-11(12)6-3-4-9(10)8-11/h5,7,9-10,12H,2-4,6,8H2,1H3. The topological polar surface area (TPSA) is 29.5 Å². The van der Waals surface area contributed by atoms with Crippen LogP contribution in [0.4, 0.5) is 0 Å². The van der Waals surface area contributed by atoms with E-state index in [1.165, 1.54) is 6.42 Å². The molecule has 0 heterocycles. The lowest BCUT2D eigenvalue weighted by Crippen LogP contribution is -2.41. The highest BCUT2D eigenvalue weighted by Gasteiger charge is 2.38. The van der Waals surface area contributed by atoms with Crippen molar-refractivity contribution in [1.82, 2.24) is 0 Å². The molecule has 0 radical (unpaired) electrons. The molecular formula is C11H18O2. The Balaban J connectivity index is 2.10. The molecule has 2 heteroatoms. The average molecular weight is 182 g/mol. The quantitative estimate of drug-likeness (QED) is 0.661. The lowest BCUT2D eigenvalue weighted by molar-refractivity contribution is -0.0378. The third-order valence-electron chi connectivity index (χ3n) is 3.22. The third kappa shape index (κ3) is 1.79.